The Bertz CT molecular complexity index is 194. The second-order valence-electron chi connectivity index (χ2n) is 4.72. The molecule has 0 aliphatic carbocycles. The molecule has 0 aromatic heterocycles. The molecule has 3 heteroatoms. The molecule has 1 amide bonds. The van der Waals surface area contributed by atoms with Gasteiger partial charge in [0, 0.05) is 19.0 Å². The van der Waals surface area contributed by atoms with E-state index in [-0.39, 0.29) is 11.8 Å². The van der Waals surface area contributed by atoms with Crippen molar-refractivity contribution in [3.05, 3.63) is 0 Å². The van der Waals surface area contributed by atoms with Gasteiger partial charge in [0.25, 0.3) is 0 Å². The number of hydrogen-bond acceptors (Lipinski definition) is 2. The van der Waals surface area contributed by atoms with E-state index < -0.39 is 0 Å². The molecule has 3 nitrogen and oxygen atoms in total. The molecule has 16 heavy (non-hydrogen) atoms. The first kappa shape index (κ1) is 15.4. The monoisotopic (exact) mass is 228 g/mol. The predicted molar refractivity (Wildman–Crippen MR) is 69.2 cm³/mol. The molecule has 0 saturated carbocycles. The molecule has 0 aromatic carbocycles. The van der Waals surface area contributed by atoms with Crippen LogP contribution < -0.4 is 5.73 Å². The average molecular weight is 228 g/mol. The van der Waals surface area contributed by atoms with Gasteiger partial charge in [-0.2, -0.15) is 0 Å². The van der Waals surface area contributed by atoms with Gasteiger partial charge in [-0.3, -0.25) is 4.79 Å². The molecule has 96 valence electrons. The van der Waals surface area contributed by atoms with Crippen molar-refractivity contribution in [2.75, 3.05) is 19.6 Å². The van der Waals surface area contributed by atoms with Crippen LogP contribution in [0.25, 0.3) is 0 Å². The molecule has 0 aliphatic heterocycles. The van der Waals surface area contributed by atoms with E-state index in [4.69, 9.17) is 5.73 Å². The number of hydrogen-bond donors (Lipinski definition) is 1. The molecule has 2 atom stereocenters. The van der Waals surface area contributed by atoms with E-state index >= 15 is 0 Å². The number of nitrogens with zero attached hydrogens (tertiary/aromatic N) is 1. The largest absolute Gasteiger partial charge is 0.342 e. The summed E-state index contributed by atoms with van der Waals surface area (Å²) in [5.74, 6) is 0.995. The van der Waals surface area contributed by atoms with Crippen LogP contribution in [-0.2, 0) is 4.79 Å². The van der Waals surface area contributed by atoms with Crippen LogP contribution in [0.3, 0.4) is 0 Å². The van der Waals surface area contributed by atoms with Crippen molar-refractivity contribution in [1.82, 2.24) is 4.90 Å². The van der Waals surface area contributed by atoms with E-state index in [9.17, 15) is 4.79 Å². The first-order chi connectivity index (χ1) is 7.56. The van der Waals surface area contributed by atoms with Gasteiger partial charge in [0.15, 0.2) is 0 Å². The van der Waals surface area contributed by atoms with Gasteiger partial charge in [0.05, 0.1) is 0 Å². The fourth-order valence-corrected chi connectivity index (χ4v) is 1.74. The quantitative estimate of drug-likeness (QED) is 0.692. The molecule has 0 fully saturated rings. The lowest BCUT2D eigenvalue weighted by Gasteiger charge is -2.27. The molecule has 0 aromatic rings. The van der Waals surface area contributed by atoms with Gasteiger partial charge >= 0.3 is 0 Å². The first-order valence-electron chi connectivity index (χ1n) is 6.55. The molecular weight excluding hydrogens is 200 g/mol. The van der Waals surface area contributed by atoms with E-state index in [1.165, 1.54) is 0 Å². The number of nitrogens with two attached hydrogens (primary N) is 1. The summed E-state index contributed by atoms with van der Waals surface area (Å²) in [6.07, 6.45) is 2.97. The Morgan fingerprint density at radius 3 is 2.38 bits per heavy atom. The van der Waals surface area contributed by atoms with Gasteiger partial charge in [-0.1, -0.05) is 27.2 Å². The highest BCUT2D eigenvalue weighted by Gasteiger charge is 2.19. The van der Waals surface area contributed by atoms with Gasteiger partial charge in [0.2, 0.25) is 5.91 Å². The van der Waals surface area contributed by atoms with Crippen LogP contribution in [0.4, 0.5) is 0 Å². The number of amides is 1. The van der Waals surface area contributed by atoms with Gasteiger partial charge in [-0.15, -0.1) is 0 Å². The van der Waals surface area contributed by atoms with Crippen molar-refractivity contribution in [3.8, 4) is 0 Å². The normalized spacial score (nSPS) is 14.6. The molecule has 0 bridgehead atoms. The smallest absolute Gasteiger partial charge is 0.225 e. The van der Waals surface area contributed by atoms with Gasteiger partial charge in [0.1, 0.15) is 0 Å². The zero-order valence-corrected chi connectivity index (χ0v) is 11.3. The lowest BCUT2D eigenvalue weighted by molar-refractivity contribution is -0.135. The van der Waals surface area contributed by atoms with Crippen molar-refractivity contribution in [2.45, 2.75) is 47.0 Å². The van der Waals surface area contributed by atoms with Crippen LogP contribution in [0.5, 0.6) is 0 Å². The SMILES string of the molecule is CCC(C)CN(CC)C(=O)C(C)CCCN. The summed E-state index contributed by atoms with van der Waals surface area (Å²) >= 11 is 0. The van der Waals surface area contributed by atoms with Crippen LogP contribution in [0.2, 0.25) is 0 Å². The van der Waals surface area contributed by atoms with E-state index in [0.717, 1.165) is 32.4 Å². The van der Waals surface area contributed by atoms with E-state index in [1.54, 1.807) is 0 Å². The van der Waals surface area contributed by atoms with E-state index in [0.29, 0.717) is 12.5 Å². The van der Waals surface area contributed by atoms with E-state index in [1.807, 2.05) is 11.8 Å². The van der Waals surface area contributed by atoms with Crippen molar-refractivity contribution in [1.29, 1.82) is 0 Å². The molecule has 2 unspecified atom stereocenters. The second-order valence-corrected chi connectivity index (χ2v) is 4.72. The summed E-state index contributed by atoms with van der Waals surface area (Å²) in [7, 11) is 0. The summed E-state index contributed by atoms with van der Waals surface area (Å²) in [5, 5.41) is 0. The summed E-state index contributed by atoms with van der Waals surface area (Å²) in [4.78, 5) is 14.1. The lowest BCUT2D eigenvalue weighted by atomic mass is 10.0. The van der Waals surface area contributed by atoms with Crippen LogP contribution in [0.15, 0.2) is 0 Å². The molecule has 0 spiro atoms. The van der Waals surface area contributed by atoms with Crippen LogP contribution in [-0.4, -0.2) is 30.4 Å². The molecule has 0 radical (unpaired) electrons. The Hall–Kier alpha value is -0.570. The lowest BCUT2D eigenvalue weighted by Crippen LogP contribution is -2.38. The molecule has 2 N–H and O–H groups in total. The third-order valence-electron chi connectivity index (χ3n) is 3.19. The predicted octanol–water partition coefficient (Wildman–Crippen LogP) is 2.26. The van der Waals surface area contributed by atoms with Gasteiger partial charge < -0.3 is 10.6 Å². The van der Waals surface area contributed by atoms with E-state index in [2.05, 4.69) is 20.8 Å². The Labute approximate surface area is 100 Å². The maximum Gasteiger partial charge on any atom is 0.225 e. The van der Waals surface area contributed by atoms with Crippen molar-refractivity contribution < 1.29 is 4.79 Å². The molecule has 0 saturated heterocycles. The minimum Gasteiger partial charge on any atom is -0.342 e. The third kappa shape index (κ3) is 5.50. The summed E-state index contributed by atoms with van der Waals surface area (Å²) in [6, 6.07) is 0. The minimum absolute atomic E-state index is 0.118. The zero-order chi connectivity index (χ0) is 12.6. The Morgan fingerprint density at radius 1 is 1.31 bits per heavy atom. The average Bonchev–Trinajstić information content (AvgIpc) is 2.31. The van der Waals surface area contributed by atoms with Crippen LogP contribution in [0, 0.1) is 11.8 Å². The minimum atomic E-state index is 0.118. The highest BCUT2D eigenvalue weighted by atomic mass is 16.2. The summed E-state index contributed by atoms with van der Waals surface area (Å²) < 4.78 is 0. The molecule has 0 aliphatic rings. The summed E-state index contributed by atoms with van der Waals surface area (Å²) in [5.41, 5.74) is 5.46. The topological polar surface area (TPSA) is 46.3 Å². The van der Waals surface area contributed by atoms with Crippen molar-refractivity contribution in [2.24, 2.45) is 17.6 Å². The molecule has 0 heterocycles. The number of carbonyl (C=O) groups excluding carboxylic acids is 1. The van der Waals surface area contributed by atoms with Crippen LogP contribution >= 0.6 is 0 Å². The molecular formula is C13H28N2O. The highest BCUT2D eigenvalue weighted by Crippen LogP contribution is 2.12. The Kier molecular flexibility index (Phi) is 8.26. The standard InChI is InChI=1S/C13H28N2O/c1-5-11(3)10-15(6-2)13(16)12(4)8-7-9-14/h11-12H,5-10,14H2,1-4H3. The second kappa shape index (κ2) is 8.57. The Balaban J connectivity index is 4.18. The zero-order valence-electron chi connectivity index (χ0n) is 11.3. The van der Waals surface area contributed by atoms with Crippen molar-refractivity contribution in [3.63, 3.8) is 0 Å². The fraction of sp³-hybridized carbons (Fsp3) is 0.923. The summed E-state index contributed by atoms with van der Waals surface area (Å²) in [6.45, 7) is 10.8. The number of rotatable bonds is 8. The van der Waals surface area contributed by atoms with Gasteiger partial charge in [-0.25, -0.2) is 0 Å². The van der Waals surface area contributed by atoms with Crippen LogP contribution in [0.1, 0.15) is 47.0 Å². The maximum absolute atomic E-state index is 12.1. The number of carbonyl (C=O) groups is 1. The van der Waals surface area contributed by atoms with Gasteiger partial charge in [-0.05, 0) is 32.2 Å². The first-order valence-corrected chi connectivity index (χ1v) is 6.55. The maximum atomic E-state index is 12.1. The molecule has 0 rings (SSSR count). The third-order valence-corrected chi connectivity index (χ3v) is 3.19. The Morgan fingerprint density at radius 2 is 1.94 bits per heavy atom. The fourth-order valence-electron chi connectivity index (χ4n) is 1.74. The van der Waals surface area contributed by atoms with Crippen molar-refractivity contribution >= 4 is 5.91 Å². The highest BCUT2D eigenvalue weighted by molar-refractivity contribution is 5.78.